The van der Waals surface area contributed by atoms with E-state index in [-0.39, 0.29) is 0 Å². The summed E-state index contributed by atoms with van der Waals surface area (Å²) < 4.78 is 6.11. The number of hydrogen-bond donors (Lipinski definition) is 1. The molecule has 1 fully saturated rings. The van der Waals surface area contributed by atoms with Crippen LogP contribution in [0.25, 0.3) is 0 Å². The quantitative estimate of drug-likeness (QED) is 0.884. The Morgan fingerprint density at radius 3 is 2.84 bits per heavy atom. The van der Waals surface area contributed by atoms with E-state index in [0.717, 1.165) is 35.9 Å². The smallest absolute Gasteiger partial charge is 0.214 e. The van der Waals surface area contributed by atoms with Crippen LogP contribution in [0.15, 0.2) is 12.1 Å². The van der Waals surface area contributed by atoms with Crippen LogP contribution in [-0.2, 0) is 13.0 Å². The van der Waals surface area contributed by atoms with Gasteiger partial charge in [-0.25, -0.2) is 4.98 Å². The molecule has 3 nitrogen and oxygen atoms in total. The van der Waals surface area contributed by atoms with Crippen LogP contribution in [0.2, 0.25) is 0 Å². The average Bonchev–Trinajstić information content (AvgIpc) is 2.47. The maximum atomic E-state index is 6.11. The Labute approximate surface area is 116 Å². The largest absolute Gasteiger partial charge is 0.474 e. The van der Waals surface area contributed by atoms with E-state index in [1.54, 1.807) is 0 Å². The first kappa shape index (κ1) is 14.3. The van der Waals surface area contributed by atoms with Gasteiger partial charge in [-0.2, -0.15) is 0 Å². The number of ether oxygens (including phenoxy) is 1. The highest BCUT2D eigenvalue weighted by Gasteiger charge is 2.22. The number of pyridine rings is 1. The van der Waals surface area contributed by atoms with Gasteiger partial charge in [0.1, 0.15) is 6.10 Å². The summed E-state index contributed by atoms with van der Waals surface area (Å²) in [6.45, 7) is 4.93. The van der Waals surface area contributed by atoms with Crippen molar-refractivity contribution in [3.63, 3.8) is 0 Å². The van der Waals surface area contributed by atoms with Crippen molar-refractivity contribution in [3.05, 3.63) is 23.4 Å². The molecule has 19 heavy (non-hydrogen) atoms. The molecule has 1 aromatic rings. The molecule has 0 spiro atoms. The zero-order chi connectivity index (χ0) is 13.7. The van der Waals surface area contributed by atoms with Crippen LogP contribution in [0.4, 0.5) is 0 Å². The van der Waals surface area contributed by atoms with Gasteiger partial charge >= 0.3 is 0 Å². The molecule has 0 aliphatic heterocycles. The first-order valence-electron chi connectivity index (χ1n) is 7.61. The summed E-state index contributed by atoms with van der Waals surface area (Å²) in [4.78, 5) is 4.57. The lowest BCUT2D eigenvalue weighted by atomic mass is 9.85. The van der Waals surface area contributed by atoms with Gasteiger partial charge in [0.15, 0.2) is 0 Å². The Morgan fingerprint density at radius 1 is 1.32 bits per heavy atom. The molecule has 106 valence electrons. The molecule has 1 saturated carbocycles. The van der Waals surface area contributed by atoms with Gasteiger partial charge in [-0.15, -0.1) is 0 Å². The van der Waals surface area contributed by atoms with E-state index >= 15 is 0 Å². The zero-order valence-corrected chi connectivity index (χ0v) is 12.2. The molecule has 0 aromatic carbocycles. The summed E-state index contributed by atoms with van der Waals surface area (Å²) in [6.07, 6.45) is 7.48. The third kappa shape index (κ3) is 3.93. The van der Waals surface area contributed by atoms with Crippen molar-refractivity contribution in [1.29, 1.82) is 0 Å². The summed E-state index contributed by atoms with van der Waals surface area (Å²) in [6, 6.07) is 4.07. The van der Waals surface area contributed by atoms with Crippen LogP contribution in [-0.4, -0.2) is 11.1 Å². The lowest BCUT2D eigenvalue weighted by Crippen LogP contribution is -2.25. The standard InChI is InChI=1S/C16H26N2O/c1-3-12-6-5-7-15(9-12)19-16-10-13(11-17)8-14(4-2)18-16/h8,10,12,15H,3-7,9,11,17H2,1-2H3. The van der Waals surface area contributed by atoms with E-state index in [4.69, 9.17) is 10.5 Å². The Hall–Kier alpha value is -1.09. The molecule has 1 heterocycles. The van der Waals surface area contributed by atoms with Crippen LogP contribution in [0.1, 0.15) is 57.2 Å². The summed E-state index contributed by atoms with van der Waals surface area (Å²) in [7, 11) is 0. The van der Waals surface area contributed by atoms with Crippen molar-refractivity contribution >= 4 is 0 Å². The predicted molar refractivity (Wildman–Crippen MR) is 78.2 cm³/mol. The molecule has 0 saturated heterocycles. The topological polar surface area (TPSA) is 48.1 Å². The molecule has 0 radical (unpaired) electrons. The fraction of sp³-hybridized carbons (Fsp3) is 0.688. The lowest BCUT2D eigenvalue weighted by molar-refractivity contribution is 0.117. The molecular formula is C16H26N2O. The van der Waals surface area contributed by atoms with Crippen LogP contribution >= 0.6 is 0 Å². The average molecular weight is 262 g/mol. The van der Waals surface area contributed by atoms with Crippen LogP contribution < -0.4 is 10.5 Å². The van der Waals surface area contributed by atoms with E-state index < -0.39 is 0 Å². The minimum atomic E-state index is 0.337. The number of aromatic nitrogens is 1. The van der Waals surface area contributed by atoms with Crippen molar-refractivity contribution < 1.29 is 4.74 Å². The molecule has 0 amide bonds. The summed E-state index contributed by atoms with van der Waals surface area (Å²) in [5.74, 6) is 1.59. The Balaban J connectivity index is 2.05. The molecular weight excluding hydrogens is 236 g/mol. The van der Waals surface area contributed by atoms with E-state index in [1.165, 1.54) is 25.7 Å². The first-order valence-corrected chi connectivity index (χ1v) is 7.61. The van der Waals surface area contributed by atoms with Crippen molar-refractivity contribution in [3.8, 4) is 5.88 Å². The fourth-order valence-electron chi connectivity index (χ4n) is 2.87. The molecule has 2 rings (SSSR count). The Kier molecular flexibility index (Phi) is 5.20. The summed E-state index contributed by atoms with van der Waals surface area (Å²) in [5.41, 5.74) is 7.92. The fourth-order valence-corrected chi connectivity index (χ4v) is 2.87. The number of aryl methyl sites for hydroxylation is 1. The van der Waals surface area contributed by atoms with Gasteiger partial charge in [0.2, 0.25) is 5.88 Å². The Bertz CT molecular complexity index is 383. The number of hydrogen-bond acceptors (Lipinski definition) is 3. The second-order valence-electron chi connectivity index (χ2n) is 5.54. The van der Waals surface area contributed by atoms with Crippen LogP contribution in [0.5, 0.6) is 5.88 Å². The molecule has 1 aliphatic rings. The molecule has 2 N–H and O–H groups in total. The summed E-state index contributed by atoms with van der Waals surface area (Å²) >= 11 is 0. The Morgan fingerprint density at radius 2 is 2.16 bits per heavy atom. The van der Waals surface area contributed by atoms with Gasteiger partial charge in [0, 0.05) is 18.3 Å². The van der Waals surface area contributed by atoms with Gasteiger partial charge in [-0.1, -0.05) is 26.7 Å². The monoisotopic (exact) mass is 262 g/mol. The normalized spacial score (nSPS) is 23.3. The van der Waals surface area contributed by atoms with E-state index in [1.807, 2.05) is 6.07 Å². The summed E-state index contributed by atoms with van der Waals surface area (Å²) in [5, 5.41) is 0. The van der Waals surface area contributed by atoms with Crippen molar-refractivity contribution in [2.45, 2.75) is 65.0 Å². The van der Waals surface area contributed by atoms with Gasteiger partial charge in [-0.3, -0.25) is 0 Å². The zero-order valence-electron chi connectivity index (χ0n) is 12.2. The minimum Gasteiger partial charge on any atom is -0.474 e. The number of nitrogens with two attached hydrogens (primary N) is 1. The van der Waals surface area contributed by atoms with Crippen molar-refractivity contribution in [1.82, 2.24) is 4.98 Å². The van der Waals surface area contributed by atoms with Gasteiger partial charge < -0.3 is 10.5 Å². The molecule has 1 aliphatic carbocycles. The molecule has 2 unspecified atom stereocenters. The first-order chi connectivity index (χ1) is 9.25. The van der Waals surface area contributed by atoms with E-state index in [9.17, 15) is 0 Å². The van der Waals surface area contributed by atoms with Crippen molar-refractivity contribution in [2.75, 3.05) is 0 Å². The van der Waals surface area contributed by atoms with E-state index in [0.29, 0.717) is 12.6 Å². The second-order valence-corrected chi connectivity index (χ2v) is 5.54. The highest BCUT2D eigenvalue weighted by molar-refractivity contribution is 5.25. The maximum absolute atomic E-state index is 6.11. The molecule has 1 aromatic heterocycles. The molecule has 3 heteroatoms. The van der Waals surface area contributed by atoms with Gasteiger partial charge in [0.25, 0.3) is 0 Å². The van der Waals surface area contributed by atoms with Gasteiger partial charge in [-0.05, 0) is 43.2 Å². The SMILES string of the molecule is CCc1cc(CN)cc(OC2CCCC(CC)C2)n1. The van der Waals surface area contributed by atoms with E-state index in [2.05, 4.69) is 24.9 Å². The second kappa shape index (κ2) is 6.90. The highest BCUT2D eigenvalue weighted by Crippen LogP contribution is 2.29. The van der Waals surface area contributed by atoms with Crippen LogP contribution in [0.3, 0.4) is 0 Å². The highest BCUT2D eigenvalue weighted by atomic mass is 16.5. The van der Waals surface area contributed by atoms with Crippen LogP contribution in [0, 0.1) is 5.92 Å². The number of rotatable bonds is 5. The number of nitrogens with zero attached hydrogens (tertiary/aromatic N) is 1. The van der Waals surface area contributed by atoms with Crippen molar-refractivity contribution in [2.24, 2.45) is 11.7 Å². The minimum absolute atomic E-state index is 0.337. The van der Waals surface area contributed by atoms with Gasteiger partial charge in [0.05, 0.1) is 0 Å². The third-order valence-corrected chi connectivity index (χ3v) is 4.11. The molecule has 2 atom stereocenters. The predicted octanol–water partition coefficient (Wildman–Crippen LogP) is 3.45. The maximum Gasteiger partial charge on any atom is 0.214 e. The third-order valence-electron chi connectivity index (χ3n) is 4.11. The molecule has 0 bridgehead atoms. The lowest BCUT2D eigenvalue weighted by Gasteiger charge is -2.28.